The van der Waals surface area contributed by atoms with Crippen molar-refractivity contribution >= 4 is 0 Å². The summed E-state index contributed by atoms with van der Waals surface area (Å²) in [6, 6.07) is 1.32. The summed E-state index contributed by atoms with van der Waals surface area (Å²) >= 11 is 0. The lowest BCUT2D eigenvalue weighted by Crippen LogP contribution is -2.46. The Labute approximate surface area is 75.1 Å². The molecule has 1 aliphatic heterocycles. The lowest BCUT2D eigenvalue weighted by molar-refractivity contribution is 0.347. The molecule has 1 saturated heterocycles. The van der Waals surface area contributed by atoms with Gasteiger partial charge in [0.15, 0.2) is 0 Å². The first kappa shape index (κ1) is 9.57. The van der Waals surface area contributed by atoms with Gasteiger partial charge in [-0.1, -0.05) is 5.92 Å². The Bertz CT molecular complexity index is 170. The van der Waals surface area contributed by atoms with Gasteiger partial charge in [-0.3, -0.25) is 0 Å². The van der Waals surface area contributed by atoms with E-state index >= 15 is 0 Å². The van der Waals surface area contributed by atoms with Gasteiger partial charge in [0.1, 0.15) is 0 Å². The van der Waals surface area contributed by atoms with E-state index in [2.05, 4.69) is 29.4 Å². The Hall–Kier alpha value is -0.520. The Kier molecular flexibility index (Phi) is 4.13. The van der Waals surface area contributed by atoms with E-state index in [1.807, 2.05) is 6.92 Å². The van der Waals surface area contributed by atoms with E-state index in [9.17, 15) is 0 Å². The fourth-order valence-electron chi connectivity index (χ4n) is 1.46. The van der Waals surface area contributed by atoms with Crippen molar-refractivity contribution in [2.24, 2.45) is 0 Å². The van der Waals surface area contributed by atoms with Crippen molar-refractivity contribution in [3.63, 3.8) is 0 Å². The maximum atomic E-state index is 3.45. The molecule has 0 bridgehead atoms. The minimum absolute atomic E-state index is 0.627. The summed E-state index contributed by atoms with van der Waals surface area (Å²) in [5.74, 6) is 5.90. The third-order valence-electron chi connectivity index (χ3n) is 2.32. The van der Waals surface area contributed by atoms with Gasteiger partial charge in [0.2, 0.25) is 0 Å². The van der Waals surface area contributed by atoms with Gasteiger partial charge < -0.3 is 10.6 Å². The molecule has 0 aromatic carbocycles. The van der Waals surface area contributed by atoms with Gasteiger partial charge in [0.25, 0.3) is 0 Å². The van der Waals surface area contributed by atoms with Crippen LogP contribution >= 0.6 is 0 Å². The molecule has 1 aliphatic rings. The molecule has 2 heteroatoms. The van der Waals surface area contributed by atoms with Crippen molar-refractivity contribution in [3.8, 4) is 11.8 Å². The van der Waals surface area contributed by atoms with Crippen LogP contribution in [0.15, 0.2) is 0 Å². The van der Waals surface area contributed by atoms with Crippen LogP contribution in [0.3, 0.4) is 0 Å². The van der Waals surface area contributed by atoms with Crippen LogP contribution in [-0.2, 0) is 0 Å². The SMILES string of the molecule is CC#CCNC1CCC(C)NC1. The Morgan fingerprint density at radius 3 is 2.92 bits per heavy atom. The van der Waals surface area contributed by atoms with Crippen LogP contribution in [0.1, 0.15) is 26.7 Å². The average molecular weight is 166 g/mol. The fraction of sp³-hybridized carbons (Fsp3) is 0.800. The molecule has 2 nitrogen and oxygen atoms in total. The third-order valence-corrected chi connectivity index (χ3v) is 2.32. The number of nitrogens with one attached hydrogen (secondary N) is 2. The number of hydrogen-bond donors (Lipinski definition) is 2. The van der Waals surface area contributed by atoms with Gasteiger partial charge in [-0.05, 0) is 26.7 Å². The first-order chi connectivity index (χ1) is 5.83. The summed E-state index contributed by atoms with van der Waals surface area (Å²) in [7, 11) is 0. The Morgan fingerprint density at radius 1 is 1.50 bits per heavy atom. The van der Waals surface area contributed by atoms with Crippen molar-refractivity contribution < 1.29 is 0 Å². The number of piperidine rings is 1. The van der Waals surface area contributed by atoms with Crippen LogP contribution in [-0.4, -0.2) is 25.2 Å². The van der Waals surface area contributed by atoms with Crippen molar-refractivity contribution in [1.29, 1.82) is 0 Å². The highest BCUT2D eigenvalue weighted by Crippen LogP contribution is 2.06. The first-order valence-electron chi connectivity index (χ1n) is 4.69. The molecule has 0 saturated carbocycles. The summed E-state index contributed by atoms with van der Waals surface area (Å²) in [6.07, 6.45) is 2.55. The molecule has 0 spiro atoms. The maximum absolute atomic E-state index is 3.45. The van der Waals surface area contributed by atoms with Gasteiger partial charge in [0, 0.05) is 18.6 Å². The Morgan fingerprint density at radius 2 is 2.33 bits per heavy atom. The smallest absolute Gasteiger partial charge is 0.0578 e. The predicted molar refractivity (Wildman–Crippen MR) is 51.9 cm³/mol. The molecule has 0 aliphatic carbocycles. The average Bonchev–Trinajstić information content (AvgIpc) is 2.09. The maximum Gasteiger partial charge on any atom is 0.0578 e. The molecular weight excluding hydrogens is 148 g/mol. The largest absolute Gasteiger partial charge is 0.313 e. The molecule has 0 aromatic heterocycles. The molecule has 68 valence electrons. The molecular formula is C10H18N2. The van der Waals surface area contributed by atoms with Crippen LogP contribution in [0.4, 0.5) is 0 Å². The molecule has 2 N–H and O–H groups in total. The standard InChI is InChI=1S/C10H18N2/c1-3-4-7-11-10-6-5-9(2)12-8-10/h9-12H,5-8H2,1-2H3. The lowest BCUT2D eigenvalue weighted by atomic mass is 10.0. The summed E-state index contributed by atoms with van der Waals surface area (Å²) in [5.41, 5.74) is 0. The molecule has 0 aromatic rings. The highest BCUT2D eigenvalue weighted by atomic mass is 15.0. The number of hydrogen-bond acceptors (Lipinski definition) is 2. The highest BCUT2D eigenvalue weighted by Gasteiger charge is 2.15. The molecule has 2 atom stereocenters. The van der Waals surface area contributed by atoms with Gasteiger partial charge >= 0.3 is 0 Å². The minimum atomic E-state index is 0.627. The van der Waals surface area contributed by atoms with Gasteiger partial charge in [-0.25, -0.2) is 0 Å². The topological polar surface area (TPSA) is 24.1 Å². The second-order valence-electron chi connectivity index (χ2n) is 3.39. The van der Waals surface area contributed by atoms with Crippen molar-refractivity contribution in [2.45, 2.75) is 38.8 Å². The monoisotopic (exact) mass is 166 g/mol. The molecule has 0 radical (unpaired) electrons. The zero-order valence-electron chi connectivity index (χ0n) is 7.98. The second-order valence-corrected chi connectivity index (χ2v) is 3.39. The normalized spacial score (nSPS) is 29.2. The predicted octanol–water partition coefficient (Wildman–Crippen LogP) is 0.740. The first-order valence-corrected chi connectivity index (χ1v) is 4.69. The molecule has 0 amide bonds. The summed E-state index contributed by atoms with van der Waals surface area (Å²) in [5, 5.41) is 6.86. The zero-order chi connectivity index (χ0) is 8.81. The molecule has 1 heterocycles. The fourth-order valence-corrected chi connectivity index (χ4v) is 1.46. The van der Waals surface area contributed by atoms with Crippen molar-refractivity contribution in [2.75, 3.05) is 13.1 Å². The summed E-state index contributed by atoms with van der Waals surface area (Å²) in [6.45, 7) is 6.04. The van der Waals surface area contributed by atoms with Crippen LogP contribution in [0.5, 0.6) is 0 Å². The van der Waals surface area contributed by atoms with E-state index in [1.165, 1.54) is 12.8 Å². The summed E-state index contributed by atoms with van der Waals surface area (Å²) in [4.78, 5) is 0. The van der Waals surface area contributed by atoms with E-state index in [0.29, 0.717) is 12.1 Å². The minimum Gasteiger partial charge on any atom is -0.313 e. The third kappa shape index (κ3) is 3.25. The van der Waals surface area contributed by atoms with Gasteiger partial charge in [-0.2, -0.15) is 0 Å². The molecule has 12 heavy (non-hydrogen) atoms. The quantitative estimate of drug-likeness (QED) is 0.591. The summed E-state index contributed by atoms with van der Waals surface area (Å²) < 4.78 is 0. The van der Waals surface area contributed by atoms with E-state index in [4.69, 9.17) is 0 Å². The van der Waals surface area contributed by atoms with Gasteiger partial charge in [0.05, 0.1) is 6.54 Å². The van der Waals surface area contributed by atoms with Gasteiger partial charge in [-0.15, -0.1) is 5.92 Å². The van der Waals surface area contributed by atoms with E-state index < -0.39 is 0 Å². The van der Waals surface area contributed by atoms with Crippen molar-refractivity contribution in [3.05, 3.63) is 0 Å². The van der Waals surface area contributed by atoms with Crippen LogP contribution in [0, 0.1) is 11.8 Å². The zero-order valence-corrected chi connectivity index (χ0v) is 7.98. The van der Waals surface area contributed by atoms with E-state index in [1.54, 1.807) is 0 Å². The van der Waals surface area contributed by atoms with Crippen LogP contribution < -0.4 is 10.6 Å². The van der Waals surface area contributed by atoms with Crippen LogP contribution in [0.2, 0.25) is 0 Å². The molecule has 1 rings (SSSR count). The Balaban J connectivity index is 2.12. The van der Waals surface area contributed by atoms with Crippen LogP contribution in [0.25, 0.3) is 0 Å². The molecule has 2 unspecified atom stereocenters. The van der Waals surface area contributed by atoms with E-state index in [0.717, 1.165) is 13.1 Å². The highest BCUT2D eigenvalue weighted by molar-refractivity contribution is 4.98. The number of rotatable bonds is 2. The van der Waals surface area contributed by atoms with E-state index in [-0.39, 0.29) is 0 Å². The van der Waals surface area contributed by atoms with Crippen molar-refractivity contribution in [1.82, 2.24) is 10.6 Å². The lowest BCUT2D eigenvalue weighted by Gasteiger charge is -2.27. The second kappa shape index (κ2) is 5.18. The molecule has 1 fully saturated rings.